The first-order valence-corrected chi connectivity index (χ1v) is 10.7. The quantitative estimate of drug-likeness (QED) is 0.237. The van der Waals surface area contributed by atoms with Crippen molar-refractivity contribution in [2.75, 3.05) is 0 Å². The zero-order valence-electron chi connectivity index (χ0n) is 15.3. The standard InChI is InChI=1S/C21H36OS/c1-3-4-5-6-7-8-9-10-11-12-13-14-16-19(2)21(22)20-17-15-18-23-20/h15,17-19H,3-14,16H2,1-2H3. The fraction of sp³-hybridized carbons (Fsp3) is 0.762. The van der Waals surface area contributed by atoms with Crippen LogP contribution in [0.25, 0.3) is 0 Å². The van der Waals surface area contributed by atoms with Gasteiger partial charge in [0.25, 0.3) is 0 Å². The van der Waals surface area contributed by atoms with E-state index in [9.17, 15) is 4.79 Å². The molecule has 1 rings (SSSR count). The van der Waals surface area contributed by atoms with Crippen LogP contribution in [0.4, 0.5) is 0 Å². The average Bonchev–Trinajstić information content (AvgIpc) is 3.09. The van der Waals surface area contributed by atoms with Gasteiger partial charge in [-0.1, -0.05) is 97.0 Å². The van der Waals surface area contributed by atoms with Gasteiger partial charge in [-0.15, -0.1) is 11.3 Å². The zero-order valence-corrected chi connectivity index (χ0v) is 16.1. The zero-order chi connectivity index (χ0) is 16.8. The number of thiophene rings is 1. The first-order valence-electron chi connectivity index (χ1n) is 9.83. The van der Waals surface area contributed by atoms with Gasteiger partial charge in [0, 0.05) is 5.92 Å². The molecule has 0 fully saturated rings. The van der Waals surface area contributed by atoms with Crippen LogP contribution in [0.1, 0.15) is 107 Å². The summed E-state index contributed by atoms with van der Waals surface area (Å²) in [4.78, 5) is 13.1. The number of hydrogen-bond donors (Lipinski definition) is 0. The highest BCUT2D eigenvalue weighted by Gasteiger charge is 2.15. The molecule has 0 bridgehead atoms. The van der Waals surface area contributed by atoms with Crippen molar-refractivity contribution in [3.63, 3.8) is 0 Å². The predicted molar refractivity (Wildman–Crippen MR) is 104 cm³/mol. The van der Waals surface area contributed by atoms with E-state index in [0.717, 1.165) is 11.3 Å². The summed E-state index contributed by atoms with van der Waals surface area (Å²) < 4.78 is 0. The summed E-state index contributed by atoms with van der Waals surface area (Å²) in [6.45, 7) is 4.36. The van der Waals surface area contributed by atoms with E-state index in [1.54, 1.807) is 11.3 Å². The number of carbonyl (C=O) groups is 1. The van der Waals surface area contributed by atoms with Crippen molar-refractivity contribution in [1.82, 2.24) is 0 Å². The number of rotatable bonds is 15. The van der Waals surface area contributed by atoms with Gasteiger partial charge in [-0.3, -0.25) is 4.79 Å². The fourth-order valence-electron chi connectivity index (χ4n) is 3.08. The molecule has 0 spiro atoms. The molecule has 0 saturated carbocycles. The highest BCUT2D eigenvalue weighted by Crippen LogP contribution is 2.19. The van der Waals surface area contributed by atoms with Crippen molar-refractivity contribution in [2.45, 2.75) is 97.3 Å². The van der Waals surface area contributed by atoms with Crippen LogP contribution in [0.15, 0.2) is 17.5 Å². The Bertz CT molecular complexity index is 383. The Hall–Kier alpha value is -0.630. The van der Waals surface area contributed by atoms with Crippen LogP contribution in [0.5, 0.6) is 0 Å². The second-order valence-electron chi connectivity index (χ2n) is 6.92. The lowest BCUT2D eigenvalue weighted by Crippen LogP contribution is -2.09. The average molecular weight is 337 g/mol. The highest BCUT2D eigenvalue weighted by molar-refractivity contribution is 7.12. The lowest BCUT2D eigenvalue weighted by Gasteiger charge is -2.09. The Balaban J connectivity index is 1.87. The molecule has 0 amide bonds. The summed E-state index contributed by atoms with van der Waals surface area (Å²) >= 11 is 1.57. The molecule has 132 valence electrons. The first-order chi connectivity index (χ1) is 11.3. The Morgan fingerprint density at radius 2 is 1.43 bits per heavy atom. The minimum absolute atomic E-state index is 0.191. The van der Waals surface area contributed by atoms with Gasteiger partial charge in [-0.2, -0.15) is 0 Å². The third kappa shape index (κ3) is 9.96. The second-order valence-corrected chi connectivity index (χ2v) is 7.87. The minimum Gasteiger partial charge on any atom is -0.293 e. The first kappa shape index (κ1) is 20.4. The third-order valence-corrected chi connectivity index (χ3v) is 5.59. The van der Waals surface area contributed by atoms with Gasteiger partial charge < -0.3 is 0 Å². The van der Waals surface area contributed by atoms with Crippen molar-refractivity contribution >= 4 is 17.1 Å². The second kappa shape index (κ2) is 13.8. The normalized spacial score (nSPS) is 12.4. The minimum atomic E-state index is 0.191. The monoisotopic (exact) mass is 336 g/mol. The summed E-state index contributed by atoms with van der Waals surface area (Å²) in [5.74, 6) is 0.528. The third-order valence-electron chi connectivity index (χ3n) is 4.70. The van der Waals surface area contributed by atoms with Gasteiger partial charge in [0.1, 0.15) is 0 Å². The lowest BCUT2D eigenvalue weighted by atomic mass is 9.97. The van der Waals surface area contributed by atoms with Crippen LogP contribution in [0, 0.1) is 5.92 Å². The van der Waals surface area contributed by atoms with Gasteiger partial charge in [0.05, 0.1) is 4.88 Å². The molecule has 1 heterocycles. The molecular weight excluding hydrogens is 300 g/mol. The van der Waals surface area contributed by atoms with E-state index in [2.05, 4.69) is 13.8 Å². The smallest absolute Gasteiger partial charge is 0.175 e. The Kier molecular flexibility index (Phi) is 12.2. The van der Waals surface area contributed by atoms with Gasteiger partial charge in [-0.05, 0) is 17.9 Å². The van der Waals surface area contributed by atoms with E-state index in [1.807, 2.05) is 17.5 Å². The summed E-state index contributed by atoms with van der Waals surface area (Å²) in [6, 6.07) is 3.92. The summed E-state index contributed by atoms with van der Waals surface area (Å²) in [6.07, 6.45) is 17.6. The molecule has 0 aliphatic rings. The highest BCUT2D eigenvalue weighted by atomic mass is 32.1. The molecular formula is C21H36OS. The number of carbonyl (C=O) groups excluding carboxylic acids is 1. The number of hydrogen-bond acceptors (Lipinski definition) is 2. The molecule has 1 aromatic rings. The van der Waals surface area contributed by atoms with Crippen LogP contribution in [0.2, 0.25) is 0 Å². The van der Waals surface area contributed by atoms with Crippen LogP contribution < -0.4 is 0 Å². The maximum Gasteiger partial charge on any atom is 0.175 e. The van der Waals surface area contributed by atoms with Crippen LogP contribution in [-0.2, 0) is 0 Å². The predicted octanol–water partition coefficient (Wildman–Crippen LogP) is 7.66. The number of ketones is 1. The number of Topliss-reactive ketones (excluding diaryl/α,β-unsaturated/α-hetero) is 1. The van der Waals surface area contributed by atoms with Gasteiger partial charge >= 0.3 is 0 Å². The lowest BCUT2D eigenvalue weighted by molar-refractivity contribution is 0.0926. The molecule has 0 radical (unpaired) electrons. The molecule has 0 aliphatic heterocycles. The Morgan fingerprint density at radius 1 is 0.913 bits per heavy atom. The summed E-state index contributed by atoms with van der Waals surface area (Å²) in [5, 5.41) is 1.99. The van der Waals surface area contributed by atoms with E-state index in [0.29, 0.717) is 5.78 Å². The molecule has 0 aliphatic carbocycles. The Labute approximate surface area is 147 Å². The van der Waals surface area contributed by atoms with Crippen LogP contribution >= 0.6 is 11.3 Å². The fourth-order valence-corrected chi connectivity index (χ4v) is 3.86. The largest absolute Gasteiger partial charge is 0.293 e. The van der Waals surface area contributed by atoms with E-state index in [1.165, 1.54) is 77.0 Å². The molecule has 0 aromatic carbocycles. The van der Waals surface area contributed by atoms with Gasteiger partial charge in [-0.25, -0.2) is 0 Å². The maximum atomic E-state index is 12.1. The van der Waals surface area contributed by atoms with E-state index in [-0.39, 0.29) is 5.92 Å². The van der Waals surface area contributed by atoms with E-state index < -0.39 is 0 Å². The molecule has 0 N–H and O–H groups in total. The molecule has 23 heavy (non-hydrogen) atoms. The van der Waals surface area contributed by atoms with Gasteiger partial charge in [0.15, 0.2) is 5.78 Å². The van der Waals surface area contributed by atoms with Crippen molar-refractivity contribution in [3.05, 3.63) is 22.4 Å². The molecule has 1 unspecified atom stereocenters. The molecule has 0 saturated heterocycles. The SMILES string of the molecule is CCCCCCCCCCCCCCC(C)C(=O)c1cccs1. The van der Waals surface area contributed by atoms with Crippen LogP contribution in [0.3, 0.4) is 0 Å². The summed E-state index contributed by atoms with van der Waals surface area (Å²) in [7, 11) is 0. The summed E-state index contributed by atoms with van der Waals surface area (Å²) in [5.41, 5.74) is 0. The molecule has 2 heteroatoms. The molecule has 1 nitrogen and oxygen atoms in total. The van der Waals surface area contributed by atoms with Gasteiger partial charge in [0.2, 0.25) is 0 Å². The van der Waals surface area contributed by atoms with Crippen molar-refractivity contribution in [1.29, 1.82) is 0 Å². The molecule has 1 aromatic heterocycles. The molecule has 1 atom stereocenters. The number of unbranched alkanes of at least 4 members (excludes halogenated alkanes) is 11. The van der Waals surface area contributed by atoms with Crippen molar-refractivity contribution in [2.24, 2.45) is 5.92 Å². The Morgan fingerprint density at radius 3 is 1.91 bits per heavy atom. The van der Waals surface area contributed by atoms with Crippen LogP contribution in [-0.4, -0.2) is 5.78 Å². The van der Waals surface area contributed by atoms with E-state index >= 15 is 0 Å². The topological polar surface area (TPSA) is 17.1 Å². The van der Waals surface area contributed by atoms with E-state index in [4.69, 9.17) is 0 Å². The maximum absolute atomic E-state index is 12.1. The van der Waals surface area contributed by atoms with Crippen molar-refractivity contribution < 1.29 is 4.79 Å². The van der Waals surface area contributed by atoms with Crippen molar-refractivity contribution in [3.8, 4) is 0 Å².